The van der Waals surface area contributed by atoms with E-state index in [1.807, 2.05) is 0 Å². The maximum Gasteiger partial charge on any atom is 0.309 e. The lowest BCUT2D eigenvalue weighted by Crippen LogP contribution is -2.56. The first-order valence-electron chi connectivity index (χ1n) is 8.52. The highest BCUT2D eigenvalue weighted by atomic mass is 19.1. The van der Waals surface area contributed by atoms with Gasteiger partial charge in [0.25, 0.3) is 0 Å². The molecule has 1 aromatic rings. The van der Waals surface area contributed by atoms with Crippen LogP contribution in [0.15, 0.2) is 24.3 Å². The molecule has 1 atom stereocenters. The van der Waals surface area contributed by atoms with Gasteiger partial charge in [-0.25, -0.2) is 4.39 Å². The molecule has 25 heavy (non-hydrogen) atoms. The zero-order chi connectivity index (χ0) is 18.0. The molecule has 3 rings (SSSR count). The van der Waals surface area contributed by atoms with Gasteiger partial charge in [0, 0.05) is 33.1 Å². The molecule has 1 amide bonds. The van der Waals surface area contributed by atoms with E-state index in [1.54, 1.807) is 24.1 Å². The highest BCUT2D eigenvalue weighted by Gasteiger charge is 2.55. The second-order valence-electron chi connectivity index (χ2n) is 6.80. The van der Waals surface area contributed by atoms with Gasteiger partial charge in [-0.15, -0.1) is 0 Å². The highest BCUT2D eigenvalue weighted by Crippen LogP contribution is 2.42. The number of carboxylic acids is 1. The number of nitrogens with zero attached hydrogens (tertiary/aromatic N) is 2. The Kier molecular flexibility index (Phi) is 4.94. The largest absolute Gasteiger partial charge is 0.492 e. The number of carbonyl (C=O) groups excluding carboxylic acids is 1. The summed E-state index contributed by atoms with van der Waals surface area (Å²) in [7, 11) is 1.72. The van der Waals surface area contributed by atoms with E-state index in [0.29, 0.717) is 31.7 Å². The summed E-state index contributed by atoms with van der Waals surface area (Å²) >= 11 is 0. The standard InChI is InChI=1S/C18H23FN2O4/c1-20-16(22)12-15(17(23)24)18(20)6-8-21(9-7-18)10-11-25-14-4-2-13(19)3-5-14/h2-5,15H,6-12H2,1H3,(H,23,24)/t15-/m1/s1. The summed E-state index contributed by atoms with van der Waals surface area (Å²) in [5, 5.41) is 9.48. The van der Waals surface area contributed by atoms with Crippen molar-refractivity contribution in [2.45, 2.75) is 24.8 Å². The number of carbonyl (C=O) groups is 2. The lowest BCUT2D eigenvalue weighted by molar-refractivity contribution is -0.146. The van der Waals surface area contributed by atoms with Crippen molar-refractivity contribution in [3.8, 4) is 5.75 Å². The molecule has 1 spiro atoms. The minimum Gasteiger partial charge on any atom is -0.492 e. The molecule has 1 aromatic carbocycles. The molecule has 7 heteroatoms. The number of benzene rings is 1. The molecule has 2 saturated heterocycles. The molecule has 2 heterocycles. The number of amides is 1. The second-order valence-corrected chi connectivity index (χ2v) is 6.80. The van der Waals surface area contributed by atoms with Gasteiger partial charge in [0.05, 0.1) is 11.5 Å². The lowest BCUT2D eigenvalue weighted by atomic mass is 9.77. The number of ether oxygens (including phenoxy) is 1. The summed E-state index contributed by atoms with van der Waals surface area (Å²) in [6.07, 6.45) is 1.41. The molecule has 2 aliphatic heterocycles. The van der Waals surface area contributed by atoms with Crippen LogP contribution >= 0.6 is 0 Å². The van der Waals surface area contributed by atoms with Crippen LogP contribution in [0.4, 0.5) is 4.39 Å². The van der Waals surface area contributed by atoms with E-state index in [1.165, 1.54) is 12.1 Å². The molecule has 0 bridgehead atoms. The van der Waals surface area contributed by atoms with E-state index >= 15 is 0 Å². The Balaban J connectivity index is 1.52. The highest BCUT2D eigenvalue weighted by molar-refractivity contribution is 5.88. The quantitative estimate of drug-likeness (QED) is 0.874. The van der Waals surface area contributed by atoms with Gasteiger partial charge in [-0.05, 0) is 37.1 Å². The van der Waals surface area contributed by atoms with E-state index in [2.05, 4.69) is 4.90 Å². The van der Waals surface area contributed by atoms with Crippen molar-refractivity contribution in [2.24, 2.45) is 5.92 Å². The van der Waals surface area contributed by atoms with Crippen molar-refractivity contribution in [1.29, 1.82) is 0 Å². The first-order chi connectivity index (χ1) is 11.9. The Hall–Kier alpha value is -2.15. The molecule has 0 saturated carbocycles. The van der Waals surface area contributed by atoms with Gasteiger partial charge < -0.3 is 14.7 Å². The minimum atomic E-state index is -0.884. The second kappa shape index (κ2) is 7.00. The summed E-state index contributed by atoms with van der Waals surface area (Å²) in [6, 6.07) is 5.91. The summed E-state index contributed by atoms with van der Waals surface area (Å²) in [5.74, 6) is -1.26. The van der Waals surface area contributed by atoms with Gasteiger partial charge >= 0.3 is 5.97 Å². The van der Waals surface area contributed by atoms with Crippen LogP contribution in [-0.4, -0.2) is 65.6 Å². The van der Waals surface area contributed by atoms with Gasteiger partial charge in [0.15, 0.2) is 0 Å². The molecule has 2 fully saturated rings. The third-order valence-corrected chi connectivity index (χ3v) is 5.58. The molecule has 2 aliphatic rings. The number of hydrogen-bond donors (Lipinski definition) is 1. The first kappa shape index (κ1) is 17.7. The van der Waals surface area contributed by atoms with Crippen molar-refractivity contribution >= 4 is 11.9 Å². The van der Waals surface area contributed by atoms with Crippen molar-refractivity contribution in [1.82, 2.24) is 9.80 Å². The maximum atomic E-state index is 12.9. The molecule has 0 aliphatic carbocycles. The van der Waals surface area contributed by atoms with Crippen LogP contribution in [0.3, 0.4) is 0 Å². The average Bonchev–Trinajstić information content (AvgIpc) is 2.84. The fourth-order valence-electron chi connectivity index (χ4n) is 3.97. The van der Waals surface area contributed by atoms with Crippen molar-refractivity contribution in [3.63, 3.8) is 0 Å². The van der Waals surface area contributed by atoms with Crippen molar-refractivity contribution in [2.75, 3.05) is 33.3 Å². The summed E-state index contributed by atoms with van der Waals surface area (Å²) in [5.41, 5.74) is -0.558. The van der Waals surface area contributed by atoms with E-state index in [-0.39, 0.29) is 18.1 Å². The van der Waals surface area contributed by atoms with Crippen LogP contribution in [0.5, 0.6) is 5.75 Å². The van der Waals surface area contributed by atoms with Gasteiger partial charge in [0.1, 0.15) is 18.2 Å². The van der Waals surface area contributed by atoms with E-state index in [0.717, 1.165) is 13.1 Å². The Morgan fingerprint density at radius 3 is 2.56 bits per heavy atom. The third-order valence-electron chi connectivity index (χ3n) is 5.58. The van der Waals surface area contributed by atoms with Crippen molar-refractivity contribution < 1.29 is 23.8 Å². The van der Waals surface area contributed by atoms with Crippen molar-refractivity contribution in [3.05, 3.63) is 30.1 Å². The van der Waals surface area contributed by atoms with Gasteiger partial charge in [-0.3, -0.25) is 14.5 Å². The van der Waals surface area contributed by atoms with Gasteiger partial charge in [-0.2, -0.15) is 0 Å². The number of aliphatic carboxylic acids is 1. The van der Waals surface area contributed by atoms with E-state index in [9.17, 15) is 19.1 Å². The van der Waals surface area contributed by atoms with Crippen LogP contribution in [-0.2, 0) is 9.59 Å². The monoisotopic (exact) mass is 350 g/mol. The topological polar surface area (TPSA) is 70.1 Å². The Bertz CT molecular complexity index is 641. The number of halogens is 1. The number of likely N-dealkylation sites (tertiary alicyclic amines) is 2. The smallest absolute Gasteiger partial charge is 0.309 e. The Morgan fingerprint density at radius 1 is 1.32 bits per heavy atom. The number of hydrogen-bond acceptors (Lipinski definition) is 4. The van der Waals surface area contributed by atoms with Crippen LogP contribution in [0.2, 0.25) is 0 Å². The molecule has 0 unspecified atom stereocenters. The molecule has 136 valence electrons. The number of piperidine rings is 1. The Labute approximate surface area is 146 Å². The van der Waals surface area contributed by atoms with Crippen LogP contribution in [0, 0.1) is 11.7 Å². The molecular weight excluding hydrogens is 327 g/mol. The van der Waals surface area contributed by atoms with Crippen LogP contribution in [0.1, 0.15) is 19.3 Å². The number of rotatable bonds is 5. The molecular formula is C18H23FN2O4. The fraction of sp³-hybridized carbons (Fsp3) is 0.556. The molecule has 0 aromatic heterocycles. The van der Waals surface area contributed by atoms with E-state index < -0.39 is 17.4 Å². The van der Waals surface area contributed by atoms with Gasteiger partial charge in [-0.1, -0.05) is 0 Å². The van der Waals surface area contributed by atoms with Gasteiger partial charge in [0.2, 0.25) is 5.91 Å². The van der Waals surface area contributed by atoms with Crippen LogP contribution < -0.4 is 4.74 Å². The summed E-state index contributed by atoms with van der Waals surface area (Å²) in [6.45, 7) is 2.65. The average molecular weight is 350 g/mol. The summed E-state index contributed by atoms with van der Waals surface area (Å²) < 4.78 is 18.5. The molecule has 1 N–H and O–H groups in total. The minimum absolute atomic E-state index is 0.0829. The fourth-order valence-corrected chi connectivity index (χ4v) is 3.97. The third kappa shape index (κ3) is 3.46. The molecule has 0 radical (unpaired) electrons. The summed E-state index contributed by atoms with van der Waals surface area (Å²) in [4.78, 5) is 27.4. The zero-order valence-corrected chi connectivity index (χ0v) is 14.3. The lowest BCUT2D eigenvalue weighted by Gasteiger charge is -2.45. The predicted octanol–water partition coefficient (Wildman–Crippen LogP) is 1.60. The number of carboxylic acid groups (broad SMARTS) is 1. The maximum absolute atomic E-state index is 12.9. The predicted molar refractivity (Wildman–Crippen MR) is 88.8 cm³/mol. The first-order valence-corrected chi connectivity index (χ1v) is 8.52. The normalized spacial score (nSPS) is 23.2. The van der Waals surface area contributed by atoms with E-state index in [4.69, 9.17) is 4.74 Å². The Morgan fingerprint density at radius 2 is 1.96 bits per heavy atom. The molecule has 6 nitrogen and oxygen atoms in total. The SMILES string of the molecule is CN1C(=O)C[C@H](C(=O)O)C12CCN(CCOc1ccc(F)cc1)CC2. The van der Waals surface area contributed by atoms with Crippen LogP contribution in [0.25, 0.3) is 0 Å². The zero-order valence-electron chi connectivity index (χ0n) is 14.3.